The van der Waals surface area contributed by atoms with Gasteiger partial charge in [0.25, 0.3) is 5.91 Å². The molecule has 2 aromatic heterocycles. The van der Waals surface area contributed by atoms with Gasteiger partial charge in [0.15, 0.2) is 11.5 Å². The monoisotopic (exact) mass is 710 g/mol. The molecule has 5 rings (SSSR count). The standard InChI is InChI=1S/C36H44BrClN4O4/c1-25(2)15-19-41(36(43)28-12-14-32(45-4)35(34(28)38)46-21-20-40-16-7-5-8-17-40)24-29-30(42-18-9-6-10-33(42)39-29)23-26-22-27(37)11-13-31(26)44-3/h6,9-14,18,22,25H,5,7-8,15-17,19-21,23-24H2,1-4H3. The van der Waals surface area contributed by atoms with Crippen molar-refractivity contribution in [2.45, 2.75) is 52.5 Å². The second-order valence-electron chi connectivity index (χ2n) is 12.2. The van der Waals surface area contributed by atoms with Crippen LogP contribution in [-0.4, -0.2) is 72.1 Å². The number of methoxy groups -OCH3 is 2. The van der Waals surface area contributed by atoms with E-state index in [1.165, 1.54) is 19.3 Å². The van der Waals surface area contributed by atoms with Gasteiger partial charge in [0, 0.05) is 35.7 Å². The number of pyridine rings is 1. The van der Waals surface area contributed by atoms with E-state index in [4.69, 9.17) is 30.8 Å². The highest BCUT2D eigenvalue weighted by molar-refractivity contribution is 9.10. The number of carbonyl (C=O) groups excluding carboxylic acids is 1. The molecule has 0 saturated carbocycles. The van der Waals surface area contributed by atoms with Crippen molar-refractivity contribution in [1.82, 2.24) is 19.2 Å². The SMILES string of the molecule is COc1ccc(Br)cc1Cc1c(CN(CCC(C)C)C(=O)c2ccc(OC)c(OCCN3CCCCC3)c2Cl)nc2ccccn12. The van der Waals surface area contributed by atoms with Gasteiger partial charge in [0.2, 0.25) is 0 Å². The third-order valence-corrected chi connectivity index (χ3v) is 9.40. The molecule has 3 heterocycles. The van der Waals surface area contributed by atoms with Crippen LogP contribution in [0.4, 0.5) is 0 Å². The van der Waals surface area contributed by atoms with Crippen LogP contribution in [0.3, 0.4) is 0 Å². The second kappa shape index (κ2) is 16.0. The molecule has 1 aliphatic rings. The Labute approximate surface area is 285 Å². The topological polar surface area (TPSA) is 68.5 Å². The number of imidazole rings is 1. The number of halogens is 2. The van der Waals surface area contributed by atoms with Gasteiger partial charge in [-0.1, -0.05) is 53.9 Å². The molecule has 1 fully saturated rings. The number of hydrogen-bond acceptors (Lipinski definition) is 6. The summed E-state index contributed by atoms with van der Waals surface area (Å²) in [5.41, 5.74) is 4.06. The molecule has 0 unspecified atom stereocenters. The van der Waals surface area contributed by atoms with Gasteiger partial charge < -0.3 is 23.5 Å². The predicted molar refractivity (Wildman–Crippen MR) is 187 cm³/mol. The molecule has 0 bridgehead atoms. The summed E-state index contributed by atoms with van der Waals surface area (Å²) < 4.78 is 20.6. The molecule has 1 saturated heterocycles. The van der Waals surface area contributed by atoms with Gasteiger partial charge in [-0.25, -0.2) is 4.98 Å². The fourth-order valence-electron chi connectivity index (χ4n) is 5.95. The molecule has 8 nitrogen and oxygen atoms in total. The van der Waals surface area contributed by atoms with E-state index in [0.29, 0.717) is 49.1 Å². The van der Waals surface area contributed by atoms with Gasteiger partial charge in [-0.15, -0.1) is 0 Å². The first kappa shape index (κ1) is 34.1. The Morgan fingerprint density at radius 1 is 1.04 bits per heavy atom. The lowest BCUT2D eigenvalue weighted by molar-refractivity contribution is 0.0732. The first-order valence-corrected chi connectivity index (χ1v) is 17.2. The van der Waals surface area contributed by atoms with Crippen LogP contribution in [0.5, 0.6) is 17.2 Å². The van der Waals surface area contributed by atoms with Crippen molar-refractivity contribution in [1.29, 1.82) is 0 Å². The Morgan fingerprint density at radius 3 is 2.54 bits per heavy atom. The summed E-state index contributed by atoms with van der Waals surface area (Å²) in [7, 11) is 3.27. The minimum atomic E-state index is -0.169. The molecule has 2 aromatic carbocycles. The highest BCUT2D eigenvalue weighted by Gasteiger charge is 2.26. The molecule has 4 aromatic rings. The van der Waals surface area contributed by atoms with Gasteiger partial charge in [-0.2, -0.15) is 0 Å². The smallest absolute Gasteiger partial charge is 0.255 e. The van der Waals surface area contributed by atoms with Crippen molar-refractivity contribution >= 4 is 39.1 Å². The third-order valence-electron chi connectivity index (χ3n) is 8.53. The van der Waals surface area contributed by atoms with Crippen molar-refractivity contribution in [2.75, 3.05) is 47.0 Å². The maximum atomic E-state index is 14.4. The number of hydrogen-bond donors (Lipinski definition) is 0. The van der Waals surface area contributed by atoms with E-state index >= 15 is 0 Å². The van der Waals surface area contributed by atoms with Crippen LogP contribution in [0.15, 0.2) is 59.2 Å². The van der Waals surface area contributed by atoms with Crippen molar-refractivity contribution in [3.63, 3.8) is 0 Å². The molecule has 1 amide bonds. The molecule has 10 heteroatoms. The summed E-state index contributed by atoms with van der Waals surface area (Å²) in [4.78, 5) is 23.6. The predicted octanol–water partition coefficient (Wildman–Crippen LogP) is 7.91. The van der Waals surface area contributed by atoms with E-state index in [9.17, 15) is 4.79 Å². The van der Waals surface area contributed by atoms with Gasteiger partial charge >= 0.3 is 0 Å². The van der Waals surface area contributed by atoms with E-state index in [1.807, 2.05) is 41.4 Å². The third kappa shape index (κ3) is 8.17. The zero-order chi connectivity index (χ0) is 32.6. The van der Waals surface area contributed by atoms with E-state index in [-0.39, 0.29) is 10.9 Å². The number of carbonyl (C=O) groups is 1. The number of piperidine rings is 1. The molecule has 46 heavy (non-hydrogen) atoms. The second-order valence-corrected chi connectivity index (χ2v) is 13.5. The maximum Gasteiger partial charge on any atom is 0.255 e. The van der Waals surface area contributed by atoms with Crippen LogP contribution in [0.1, 0.15) is 66.8 Å². The average molecular weight is 712 g/mol. The molecular weight excluding hydrogens is 668 g/mol. The van der Waals surface area contributed by atoms with Crippen LogP contribution < -0.4 is 14.2 Å². The van der Waals surface area contributed by atoms with E-state index in [0.717, 1.165) is 58.9 Å². The number of ether oxygens (including phenoxy) is 3. The largest absolute Gasteiger partial charge is 0.496 e. The Morgan fingerprint density at radius 2 is 1.80 bits per heavy atom. The number of rotatable bonds is 14. The molecule has 0 spiro atoms. The first-order chi connectivity index (χ1) is 22.3. The van der Waals surface area contributed by atoms with E-state index in [2.05, 4.69) is 45.1 Å². The fourth-order valence-corrected chi connectivity index (χ4v) is 6.65. The molecule has 0 radical (unpaired) electrons. The van der Waals surface area contributed by atoms with Gasteiger partial charge in [-0.3, -0.25) is 9.69 Å². The number of nitrogens with zero attached hydrogens (tertiary/aromatic N) is 4. The summed E-state index contributed by atoms with van der Waals surface area (Å²) >= 11 is 10.6. The van der Waals surface area contributed by atoms with Gasteiger partial charge in [0.1, 0.15) is 18.0 Å². The number of likely N-dealkylation sites (tertiary alicyclic amines) is 1. The highest BCUT2D eigenvalue weighted by atomic mass is 79.9. The Balaban J connectivity index is 1.46. The maximum absolute atomic E-state index is 14.4. The van der Waals surface area contributed by atoms with Crippen molar-refractivity contribution in [3.05, 3.63) is 86.7 Å². The Hall–Kier alpha value is -3.27. The lowest BCUT2D eigenvalue weighted by Crippen LogP contribution is -2.33. The number of amides is 1. The quantitative estimate of drug-likeness (QED) is 0.133. The minimum absolute atomic E-state index is 0.169. The first-order valence-electron chi connectivity index (χ1n) is 16.1. The molecule has 0 atom stereocenters. The van der Waals surface area contributed by atoms with Gasteiger partial charge in [-0.05, 0) is 80.7 Å². The zero-order valence-corrected chi connectivity index (χ0v) is 29.6. The molecule has 0 N–H and O–H groups in total. The lowest BCUT2D eigenvalue weighted by Gasteiger charge is -2.27. The molecular formula is C36H44BrClN4O4. The van der Waals surface area contributed by atoms with Crippen molar-refractivity contribution in [2.24, 2.45) is 5.92 Å². The number of benzene rings is 2. The number of fused-ring (bicyclic) bond motifs is 1. The normalized spacial score (nSPS) is 13.7. The molecule has 0 aliphatic carbocycles. The van der Waals surface area contributed by atoms with Crippen LogP contribution in [0.25, 0.3) is 5.65 Å². The van der Waals surface area contributed by atoms with Crippen LogP contribution in [-0.2, 0) is 13.0 Å². The summed E-state index contributed by atoms with van der Waals surface area (Å²) in [6.07, 6.45) is 7.13. The summed E-state index contributed by atoms with van der Waals surface area (Å²) in [6, 6.07) is 15.4. The van der Waals surface area contributed by atoms with Crippen molar-refractivity contribution in [3.8, 4) is 17.2 Å². The van der Waals surface area contributed by atoms with E-state index in [1.54, 1.807) is 26.4 Å². The lowest BCUT2D eigenvalue weighted by atomic mass is 10.1. The average Bonchev–Trinajstić information content (AvgIpc) is 3.40. The van der Waals surface area contributed by atoms with Gasteiger partial charge in [0.05, 0.1) is 42.7 Å². The Kier molecular flexibility index (Phi) is 11.9. The highest BCUT2D eigenvalue weighted by Crippen LogP contribution is 2.38. The zero-order valence-electron chi connectivity index (χ0n) is 27.2. The van der Waals surface area contributed by atoms with Crippen LogP contribution >= 0.6 is 27.5 Å². The molecule has 1 aliphatic heterocycles. The van der Waals surface area contributed by atoms with Crippen molar-refractivity contribution < 1.29 is 19.0 Å². The summed E-state index contributed by atoms with van der Waals surface area (Å²) in [5.74, 6) is 1.95. The Bertz CT molecular complexity index is 1640. The van der Waals surface area contributed by atoms with E-state index < -0.39 is 0 Å². The minimum Gasteiger partial charge on any atom is -0.496 e. The van der Waals surface area contributed by atoms with Crippen LogP contribution in [0, 0.1) is 5.92 Å². The van der Waals surface area contributed by atoms with Crippen LogP contribution in [0.2, 0.25) is 5.02 Å². The molecule has 246 valence electrons. The fraction of sp³-hybridized carbons (Fsp3) is 0.444. The summed E-state index contributed by atoms with van der Waals surface area (Å²) in [5, 5.41) is 0.270. The summed E-state index contributed by atoms with van der Waals surface area (Å²) in [6.45, 7) is 8.63. The number of aromatic nitrogens is 2.